The third kappa shape index (κ3) is 3.80. The molecule has 23 heavy (non-hydrogen) atoms. The van der Waals surface area contributed by atoms with Gasteiger partial charge >= 0.3 is 0 Å². The fraction of sp³-hybridized carbons (Fsp3) is 0.167. The molecule has 2 aromatic rings. The monoisotopic (exact) mass is 310 g/mol. The Morgan fingerprint density at radius 2 is 1.91 bits per heavy atom. The molecular formula is C18H15FN2O2. The van der Waals surface area contributed by atoms with Crippen LogP contribution in [0.25, 0.3) is 0 Å². The lowest BCUT2D eigenvalue weighted by Crippen LogP contribution is -2.28. The summed E-state index contributed by atoms with van der Waals surface area (Å²) in [4.78, 5) is 24.5. The third-order valence-corrected chi connectivity index (χ3v) is 3.40. The highest BCUT2D eigenvalue weighted by atomic mass is 19.1. The van der Waals surface area contributed by atoms with Crippen molar-refractivity contribution >= 4 is 17.4 Å². The summed E-state index contributed by atoms with van der Waals surface area (Å²) in [5, 5.41) is 11.7. The minimum Gasteiger partial charge on any atom is -0.325 e. The van der Waals surface area contributed by atoms with Gasteiger partial charge in [0.25, 0.3) is 0 Å². The Hall–Kier alpha value is -3.00. The molecule has 0 aliphatic carbocycles. The molecule has 0 aromatic heterocycles. The molecule has 1 atom stereocenters. The van der Waals surface area contributed by atoms with Crippen LogP contribution in [0.3, 0.4) is 0 Å². The van der Waals surface area contributed by atoms with Gasteiger partial charge in [-0.2, -0.15) is 5.26 Å². The number of hydrogen-bond acceptors (Lipinski definition) is 3. The summed E-state index contributed by atoms with van der Waals surface area (Å²) in [6.07, 6.45) is 0. The summed E-state index contributed by atoms with van der Waals surface area (Å²) in [6.45, 7) is 3.42. The van der Waals surface area contributed by atoms with Crippen LogP contribution < -0.4 is 5.32 Å². The first-order chi connectivity index (χ1) is 10.9. The number of hydrogen-bond donors (Lipinski definition) is 1. The van der Waals surface area contributed by atoms with Gasteiger partial charge in [0.1, 0.15) is 5.82 Å². The van der Waals surface area contributed by atoms with Gasteiger partial charge in [0, 0.05) is 11.3 Å². The predicted octanol–water partition coefficient (Wildman–Crippen LogP) is 3.40. The van der Waals surface area contributed by atoms with E-state index in [1.807, 2.05) is 13.0 Å². The molecule has 0 aliphatic rings. The summed E-state index contributed by atoms with van der Waals surface area (Å²) >= 11 is 0. The van der Waals surface area contributed by atoms with Crippen LogP contribution >= 0.6 is 0 Å². The maximum atomic E-state index is 13.6. The molecule has 5 heteroatoms. The first-order valence-corrected chi connectivity index (χ1v) is 7.00. The van der Waals surface area contributed by atoms with Gasteiger partial charge < -0.3 is 5.32 Å². The second-order valence-electron chi connectivity index (χ2n) is 5.25. The predicted molar refractivity (Wildman–Crippen MR) is 84.4 cm³/mol. The van der Waals surface area contributed by atoms with Gasteiger partial charge in [-0.05, 0) is 43.2 Å². The highest BCUT2D eigenvalue weighted by Crippen LogP contribution is 2.16. The van der Waals surface area contributed by atoms with E-state index in [1.54, 1.807) is 31.2 Å². The lowest BCUT2D eigenvalue weighted by molar-refractivity contribution is -0.117. The molecule has 2 aromatic carbocycles. The van der Waals surface area contributed by atoms with Crippen molar-refractivity contribution in [1.29, 1.82) is 5.26 Å². The van der Waals surface area contributed by atoms with Crippen LogP contribution in [0.5, 0.6) is 0 Å². The van der Waals surface area contributed by atoms with E-state index in [9.17, 15) is 14.0 Å². The Kier molecular flexibility index (Phi) is 4.87. The van der Waals surface area contributed by atoms with Gasteiger partial charge in [-0.3, -0.25) is 9.59 Å². The number of Topliss-reactive ketones (excluding diaryl/α,β-unsaturated/α-hetero) is 1. The molecule has 0 unspecified atom stereocenters. The largest absolute Gasteiger partial charge is 0.325 e. The average molecular weight is 310 g/mol. The topological polar surface area (TPSA) is 70.0 Å². The summed E-state index contributed by atoms with van der Waals surface area (Å²) < 4.78 is 13.6. The number of carbonyl (C=O) groups is 2. The van der Waals surface area contributed by atoms with Crippen LogP contribution in [0.15, 0.2) is 42.5 Å². The minimum atomic E-state index is -1.53. The lowest BCUT2D eigenvalue weighted by atomic mass is 9.97. The molecule has 0 bridgehead atoms. The van der Waals surface area contributed by atoms with Crippen LogP contribution in [-0.2, 0) is 4.79 Å². The molecule has 0 aliphatic heterocycles. The molecule has 1 amide bonds. The van der Waals surface area contributed by atoms with E-state index in [0.717, 1.165) is 11.6 Å². The van der Waals surface area contributed by atoms with E-state index >= 15 is 0 Å². The average Bonchev–Trinajstić information content (AvgIpc) is 2.50. The fourth-order valence-electron chi connectivity index (χ4n) is 2.09. The molecule has 0 saturated carbocycles. The van der Waals surface area contributed by atoms with E-state index in [1.165, 1.54) is 12.1 Å². The maximum absolute atomic E-state index is 13.6. The number of rotatable bonds is 4. The van der Waals surface area contributed by atoms with Crippen molar-refractivity contribution in [3.63, 3.8) is 0 Å². The van der Waals surface area contributed by atoms with Crippen molar-refractivity contribution in [2.45, 2.75) is 13.8 Å². The highest BCUT2D eigenvalue weighted by molar-refractivity contribution is 6.15. The van der Waals surface area contributed by atoms with Crippen molar-refractivity contribution in [1.82, 2.24) is 0 Å². The summed E-state index contributed by atoms with van der Waals surface area (Å²) in [6, 6.07) is 12.6. The maximum Gasteiger partial charge on any atom is 0.249 e. The number of carbonyl (C=O) groups excluding carboxylic acids is 2. The lowest BCUT2D eigenvalue weighted by Gasteiger charge is -2.10. The molecule has 0 spiro atoms. The third-order valence-electron chi connectivity index (χ3n) is 3.40. The van der Waals surface area contributed by atoms with Gasteiger partial charge in [-0.15, -0.1) is 0 Å². The SMILES string of the molecule is Cc1cccc(NC(=O)[C@H](C#N)C(=O)c2ccc(C)c(F)c2)c1. The molecule has 0 heterocycles. The van der Waals surface area contributed by atoms with Gasteiger partial charge in [0.2, 0.25) is 5.91 Å². The molecule has 0 fully saturated rings. The number of nitrogens with zero attached hydrogens (tertiary/aromatic N) is 1. The van der Waals surface area contributed by atoms with Crippen molar-refractivity contribution in [2.75, 3.05) is 5.32 Å². The number of benzene rings is 2. The zero-order chi connectivity index (χ0) is 17.0. The number of nitrogens with one attached hydrogen (secondary N) is 1. The second kappa shape index (κ2) is 6.84. The van der Waals surface area contributed by atoms with Gasteiger partial charge in [-0.1, -0.05) is 24.3 Å². The molecule has 1 N–H and O–H groups in total. The normalized spacial score (nSPS) is 11.4. The van der Waals surface area contributed by atoms with E-state index < -0.39 is 23.4 Å². The minimum absolute atomic E-state index is 0.000887. The van der Waals surface area contributed by atoms with Crippen LogP contribution in [-0.4, -0.2) is 11.7 Å². The Morgan fingerprint density at radius 1 is 1.17 bits per heavy atom. The number of nitriles is 1. The first kappa shape index (κ1) is 16.4. The van der Waals surface area contributed by atoms with Crippen LogP contribution in [0.1, 0.15) is 21.5 Å². The highest BCUT2D eigenvalue weighted by Gasteiger charge is 2.28. The zero-order valence-electron chi connectivity index (χ0n) is 12.8. The quantitative estimate of drug-likeness (QED) is 0.695. The Morgan fingerprint density at radius 3 is 2.52 bits per heavy atom. The molecule has 2 rings (SSSR count). The van der Waals surface area contributed by atoms with E-state index in [2.05, 4.69) is 5.32 Å². The van der Waals surface area contributed by atoms with Crippen LogP contribution in [0.4, 0.5) is 10.1 Å². The number of amides is 1. The summed E-state index contributed by atoms with van der Waals surface area (Å²) in [7, 11) is 0. The summed E-state index contributed by atoms with van der Waals surface area (Å²) in [5.74, 6) is -3.54. The second-order valence-corrected chi connectivity index (χ2v) is 5.25. The van der Waals surface area contributed by atoms with Crippen molar-refractivity contribution < 1.29 is 14.0 Å². The smallest absolute Gasteiger partial charge is 0.249 e. The molecule has 0 saturated heterocycles. The molecular weight excluding hydrogens is 295 g/mol. The first-order valence-electron chi connectivity index (χ1n) is 7.00. The van der Waals surface area contributed by atoms with E-state index in [0.29, 0.717) is 11.3 Å². The van der Waals surface area contributed by atoms with Crippen molar-refractivity contribution in [3.05, 3.63) is 65.0 Å². The zero-order valence-corrected chi connectivity index (χ0v) is 12.8. The van der Waals surface area contributed by atoms with Crippen LogP contribution in [0, 0.1) is 36.9 Å². The summed E-state index contributed by atoms with van der Waals surface area (Å²) in [5.41, 5.74) is 1.82. The van der Waals surface area contributed by atoms with Gasteiger partial charge in [0.15, 0.2) is 11.7 Å². The Balaban J connectivity index is 2.21. The standard InChI is InChI=1S/C18H15FN2O2/c1-11-4-3-5-14(8-11)21-18(23)15(10-20)17(22)13-7-6-12(2)16(19)9-13/h3-9,15H,1-2H3,(H,21,23)/t15-/m1/s1. The molecule has 4 nitrogen and oxygen atoms in total. The van der Waals surface area contributed by atoms with E-state index in [4.69, 9.17) is 5.26 Å². The number of halogens is 1. The molecule has 116 valence electrons. The van der Waals surface area contributed by atoms with Crippen molar-refractivity contribution in [2.24, 2.45) is 5.92 Å². The fourth-order valence-corrected chi connectivity index (χ4v) is 2.09. The van der Waals surface area contributed by atoms with Gasteiger partial charge in [0.05, 0.1) is 6.07 Å². The Labute approximate surface area is 133 Å². The Bertz CT molecular complexity index is 809. The van der Waals surface area contributed by atoms with E-state index in [-0.39, 0.29) is 5.56 Å². The van der Waals surface area contributed by atoms with Crippen molar-refractivity contribution in [3.8, 4) is 6.07 Å². The van der Waals surface area contributed by atoms with Gasteiger partial charge in [-0.25, -0.2) is 4.39 Å². The number of ketones is 1. The number of anilines is 1. The molecule has 0 radical (unpaired) electrons. The van der Waals surface area contributed by atoms with Crippen LogP contribution in [0.2, 0.25) is 0 Å². The number of aryl methyl sites for hydroxylation is 2.